The molecule has 0 saturated heterocycles. The first-order valence-electron chi connectivity index (χ1n) is 8.58. The molecule has 0 radical (unpaired) electrons. The summed E-state index contributed by atoms with van der Waals surface area (Å²) in [4.78, 5) is 26.3. The average molecular weight is 351 g/mol. The Morgan fingerprint density at radius 1 is 1.12 bits per heavy atom. The molecule has 1 amide bonds. The Labute approximate surface area is 152 Å². The molecule has 0 bridgehead atoms. The van der Waals surface area contributed by atoms with E-state index in [1.807, 2.05) is 24.3 Å². The summed E-state index contributed by atoms with van der Waals surface area (Å²) in [7, 11) is 0. The van der Waals surface area contributed by atoms with Crippen LogP contribution in [0.3, 0.4) is 0 Å². The second-order valence-corrected chi connectivity index (χ2v) is 5.98. The molecule has 0 N–H and O–H groups in total. The number of hydrogen-bond acceptors (Lipinski definition) is 4. The van der Waals surface area contributed by atoms with E-state index in [4.69, 9.17) is 9.47 Å². The van der Waals surface area contributed by atoms with Gasteiger partial charge in [0.05, 0.1) is 5.56 Å². The molecule has 0 atom stereocenters. The Kier molecular flexibility index (Phi) is 5.69. The molecule has 1 aliphatic rings. The summed E-state index contributed by atoms with van der Waals surface area (Å²) in [6, 6.07) is 14.4. The number of fused-ring (bicyclic) bond motifs is 1. The second-order valence-electron chi connectivity index (χ2n) is 5.98. The highest BCUT2D eigenvalue weighted by atomic mass is 16.5. The fourth-order valence-corrected chi connectivity index (χ4v) is 2.92. The minimum absolute atomic E-state index is 0.212. The SMILES string of the molecule is C=CCOc1ccc(C(=O)OCC(=O)N2CCCc3ccccc32)cc1. The van der Waals surface area contributed by atoms with Crippen molar-refractivity contribution in [2.24, 2.45) is 0 Å². The van der Waals surface area contributed by atoms with Crippen molar-refractivity contribution in [3.63, 3.8) is 0 Å². The molecule has 3 rings (SSSR count). The fourth-order valence-electron chi connectivity index (χ4n) is 2.92. The molecule has 5 nitrogen and oxygen atoms in total. The Morgan fingerprint density at radius 2 is 1.88 bits per heavy atom. The van der Waals surface area contributed by atoms with Crippen LogP contribution in [0.1, 0.15) is 22.3 Å². The van der Waals surface area contributed by atoms with Crippen molar-refractivity contribution >= 4 is 17.6 Å². The summed E-state index contributed by atoms with van der Waals surface area (Å²) in [5, 5.41) is 0. The Bertz CT molecular complexity index is 798. The number of hydrogen-bond donors (Lipinski definition) is 0. The summed E-state index contributed by atoms with van der Waals surface area (Å²) in [5.74, 6) is -0.0993. The van der Waals surface area contributed by atoms with Crippen molar-refractivity contribution in [2.75, 3.05) is 24.7 Å². The lowest BCUT2D eigenvalue weighted by molar-refractivity contribution is -0.121. The van der Waals surface area contributed by atoms with E-state index in [2.05, 4.69) is 6.58 Å². The van der Waals surface area contributed by atoms with Gasteiger partial charge < -0.3 is 14.4 Å². The largest absolute Gasteiger partial charge is 0.490 e. The number of carbonyl (C=O) groups is 2. The van der Waals surface area contributed by atoms with Crippen molar-refractivity contribution in [2.45, 2.75) is 12.8 Å². The predicted octanol–water partition coefficient (Wildman–Crippen LogP) is 3.39. The van der Waals surface area contributed by atoms with Gasteiger partial charge in [0.1, 0.15) is 12.4 Å². The molecule has 134 valence electrons. The van der Waals surface area contributed by atoms with Crippen LogP contribution >= 0.6 is 0 Å². The van der Waals surface area contributed by atoms with E-state index in [9.17, 15) is 9.59 Å². The van der Waals surface area contributed by atoms with E-state index in [1.54, 1.807) is 35.2 Å². The second kappa shape index (κ2) is 8.34. The topological polar surface area (TPSA) is 55.8 Å². The smallest absolute Gasteiger partial charge is 0.338 e. The first kappa shape index (κ1) is 17.7. The van der Waals surface area contributed by atoms with Crippen LogP contribution in [0.25, 0.3) is 0 Å². The molecule has 2 aromatic rings. The number of nitrogens with zero attached hydrogens (tertiary/aromatic N) is 1. The molecule has 0 unspecified atom stereocenters. The van der Waals surface area contributed by atoms with Gasteiger partial charge in [0.15, 0.2) is 6.61 Å². The maximum Gasteiger partial charge on any atom is 0.338 e. The lowest BCUT2D eigenvalue weighted by Gasteiger charge is -2.29. The van der Waals surface area contributed by atoms with E-state index in [-0.39, 0.29) is 12.5 Å². The van der Waals surface area contributed by atoms with Gasteiger partial charge in [-0.05, 0) is 48.7 Å². The zero-order valence-electron chi connectivity index (χ0n) is 14.5. The number of amides is 1. The van der Waals surface area contributed by atoms with Crippen LogP contribution in [0, 0.1) is 0 Å². The normalized spacial score (nSPS) is 12.8. The number of rotatable bonds is 6. The molecule has 1 heterocycles. The Morgan fingerprint density at radius 3 is 2.65 bits per heavy atom. The van der Waals surface area contributed by atoms with Gasteiger partial charge in [0, 0.05) is 12.2 Å². The minimum Gasteiger partial charge on any atom is -0.490 e. The van der Waals surface area contributed by atoms with Crippen LogP contribution in [-0.2, 0) is 16.0 Å². The van der Waals surface area contributed by atoms with Gasteiger partial charge in [-0.15, -0.1) is 0 Å². The number of carbonyl (C=O) groups excluding carboxylic acids is 2. The maximum absolute atomic E-state index is 12.5. The van der Waals surface area contributed by atoms with Gasteiger partial charge in [-0.2, -0.15) is 0 Å². The zero-order valence-corrected chi connectivity index (χ0v) is 14.5. The van der Waals surface area contributed by atoms with Gasteiger partial charge in [0.2, 0.25) is 0 Å². The lowest BCUT2D eigenvalue weighted by atomic mass is 10.0. The van der Waals surface area contributed by atoms with Crippen molar-refractivity contribution < 1.29 is 19.1 Å². The van der Waals surface area contributed by atoms with Gasteiger partial charge >= 0.3 is 5.97 Å². The molecule has 0 saturated carbocycles. The van der Waals surface area contributed by atoms with Crippen LogP contribution in [0.4, 0.5) is 5.69 Å². The third kappa shape index (κ3) is 4.11. The van der Waals surface area contributed by atoms with Gasteiger partial charge in [-0.3, -0.25) is 4.79 Å². The standard InChI is InChI=1S/C21H21NO4/c1-2-14-25-18-11-9-17(10-12-18)21(24)26-15-20(23)22-13-5-7-16-6-3-4-8-19(16)22/h2-4,6,8-12H,1,5,7,13-15H2. The number of para-hydroxylation sites is 1. The summed E-state index contributed by atoms with van der Waals surface area (Å²) in [6.07, 6.45) is 3.51. The van der Waals surface area contributed by atoms with Crippen LogP contribution < -0.4 is 9.64 Å². The van der Waals surface area contributed by atoms with Crippen molar-refractivity contribution in [1.82, 2.24) is 0 Å². The molecule has 1 aliphatic heterocycles. The molecule has 2 aromatic carbocycles. The third-order valence-electron chi connectivity index (χ3n) is 4.20. The number of aryl methyl sites for hydroxylation is 1. The molecule has 0 aliphatic carbocycles. The highest BCUT2D eigenvalue weighted by Gasteiger charge is 2.23. The van der Waals surface area contributed by atoms with E-state index < -0.39 is 5.97 Å². The minimum atomic E-state index is -0.529. The first-order chi connectivity index (χ1) is 12.7. The molecule has 0 fully saturated rings. The predicted molar refractivity (Wildman–Crippen MR) is 99.5 cm³/mol. The van der Waals surface area contributed by atoms with Crippen LogP contribution in [0.15, 0.2) is 61.2 Å². The molecule has 0 aromatic heterocycles. The van der Waals surface area contributed by atoms with E-state index in [0.29, 0.717) is 24.5 Å². The van der Waals surface area contributed by atoms with Crippen molar-refractivity contribution in [3.05, 3.63) is 72.3 Å². The molecule has 0 spiro atoms. The molecule has 5 heteroatoms. The van der Waals surface area contributed by atoms with E-state index >= 15 is 0 Å². The first-order valence-corrected chi connectivity index (χ1v) is 8.58. The number of benzene rings is 2. The highest BCUT2D eigenvalue weighted by Crippen LogP contribution is 2.26. The van der Waals surface area contributed by atoms with Crippen LogP contribution in [0.5, 0.6) is 5.75 Å². The van der Waals surface area contributed by atoms with Gasteiger partial charge in [-0.25, -0.2) is 4.79 Å². The quantitative estimate of drug-likeness (QED) is 0.591. The van der Waals surface area contributed by atoms with Crippen molar-refractivity contribution in [1.29, 1.82) is 0 Å². The summed E-state index contributed by atoms with van der Waals surface area (Å²) in [5.41, 5.74) is 2.43. The molecular formula is C21H21NO4. The fraction of sp³-hybridized carbons (Fsp3) is 0.238. The van der Waals surface area contributed by atoms with Gasteiger partial charge in [-0.1, -0.05) is 30.9 Å². The molecular weight excluding hydrogens is 330 g/mol. The van der Waals surface area contributed by atoms with Crippen molar-refractivity contribution in [3.8, 4) is 5.75 Å². The monoisotopic (exact) mass is 351 g/mol. The zero-order chi connectivity index (χ0) is 18.4. The number of ether oxygens (including phenoxy) is 2. The van der Waals surface area contributed by atoms with Crippen LogP contribution in [0.2, 0.25) is 0 Å². The number of anilines is 1. The van der Waals surface area contributed by atoms with E-state index in [1.165, 1.54) is 0 Å². The highest BCUT2D eigenvalue weighted by molar-refractivity contribution is 5.98. The Hall–Kier alpha value is -3.08. The maximum atomic E-state index is 12.5. The molecule has 26 heavy (non-hydrogen) atoms. The summed E-state index contributed by atoms with van der Waals surface area (Å²) in [6.45, 7) is 4.34. The Balaban J connectivity index is 1.58. The third-order valence-corrected chi connectivity index (χ3v) is 4.20. The van der Waals surface area contributed by atoms with E-state index in [0.717, 1.165) is 24.1 Å². The lowest BCUT2D eigenvalue weighted by Crippen LogP contribution is -2.38. The van der Waals surface area contributed by atoms with Crippen LogP contribution in [-0.4, -0.2) is 31.6 Å². The van der Waals surface area contributed by atoms with Gasteiger partial charge in [0.25, 0.3) is 5.91 Å². The average Bonchev–Trinajstić information content (AvgIpc) is 2.70. The number of esters is 1. The summed E-state index contributed by atoms with van der Waals surface area (Å²) < 4.78 is 10.6. The summed E-state index contributed by atoms with van der Waals surface area (Å²) >= 11 is 0.